The van der Waals surface area contributed by atoms with Gasteiger partial charge in [-0.2, -0.15) is 4.98 Å². The Balaban J connectivity index is 1.66. The van der Waals surface area contributed by atoms with E-state index in [1.165, 1.54) is 6.92 Å². The van der Waals surface area contributed by atoms with Gasteiger partial charge in [-0.1, -0.05) is 5.16 Å². The first-order valence-electron chi connectivity index (χ1n) is 9.10. The summed E-state index contributed by atoms with van der Waals surface area (Å²) in [6.07, 6.45) is 3.63. The molecule has 8 heteroatoms. The maximum Gasteiger partial charge on any atom is 0.229 e. The topological polar surface area (TPSA) is 106 Å². The zero-order chi connectivity index (χ0) is 18.0. The third-order valence-corrected chi connectivity index (χ3v) is 5.01. The van der Waals surface area contributed by atoms with Gasteiger partial charge in [0.15, 0.2) is 5.82 Å². The molecule has 138 valence electrons. The molecule has 0 spiro atoms. The van der Waals surface area contributed by atoms with Crippen LogP contribution in [0.1, 0.15) is 57.2 Å². The average molecular weight is 349 g/mol. The summed E-state index contributed by atoms with van der Waals surface area (Å²) >= 11 is 0. The van der Waals surface area contributed by atoms with Crippen molar-refractivity contribution in [3.63, 3.8) is 0 Å². The molecule has 2 amide bonds. The molecule has 0 radical (unpaired) electrons. The molecule has 0 bridgehead atoms. The van der Waals surface area contributed by atoms with Crippen LogP contribution in [-0.4, -0.2) is 57.4 Å². The van der Waals surface area contributed by atoms with Crippen LogP contribution in [0.2, 0.25) is 0 Å². The van der Waals surface area contributed by atoms with Gasteiger partial charge in [0, 0.05) is 38.5 Å². The van der Waals surface area contributed by atoms with E-state index in [2.05, 4.69) is 10.1 Å². The number of amides is 2. The minimum Gasteiger partial charge on any atom is -0.341 e. The van der Waals surface area contributed by atoms with Crippen molar-refractivity contribution >= 4 is 11.8 Å². The van der Waals surface area contributed by atoms with Crippen molar-refractivity contribution in [3.8, 4) is 0 Å². The van der Waals surface area contributed by atoms with E-state index in [0.717, 1.165) is 19.3 Å². The zero-order valence-electron chi connectivity index (χ0n) is 15.0. The first kappa shape index (κ1) is 17.8. The second-order valence-corrected chi connectivity index (χ2v) is 7.13. The van der Waals surface area contributed by atoms with Gasteiger partial charge < -0.3 is 20.1 Å². The van der Waals surface area contributed by atoms with Crippen LogP contribution in [0.5, 0.6) is 0 Å². The number of nitrogens with two attached hydrogens (primary N) is 1. The van der Waals surface area contributed by atoms with E-state index in [4.69, 9.17) is 10.3 Å². The highest BCUT2D eigenvalue weighted by atomic mass is 16.5. The molecule has 3 rings (SSSR count). The summed E-state index contributed by atoms with van der Waals surface area (Å²) in [6, 6.07) is -0.0740. The van der Waals surface area contributed by atoms with Gasteiger partial charge in [-0.25, -0.2) is 0 Å². The number of hydrogen-bond donors (Lipinski definition) is 1. The standard InChI is InChI=1S/C17H27N5O3/c1-3-21(10-15-19-16(25-20-15)12-4-5-12)17(24)13-6-7-14(18)9-22(8-13)11(2)23/h12-14H,3-10,18H2,1-2H3/t13-,14+/m1/s1. The lowest BCUT2D eigenvalue weighted by Gasteiger charge is -2.27. The summed E-state index contributed by atoms with van der Waals surface area (Å²) in [7, 11) is 0. The second kappa shape index (κ2) is 7.51. The molecule has 1 saturated carbocycles. The minimum atomic E-state index is -0.229. The quantitative estimate of drug-likeness (QED) is 0.846. The fraction of sp³-hybridized carbons (Fsp3) is 0.765. The SMILES string of the molecule is CCN(Cc1noc(C2CC2)n1)C(=O)[C@@H]1CC[C@H](N)CN(C(C)=O)C1. The summed E-state index contributed by atoms with van der Waals surface area (Å²) in [5.41, 5.74) is 6.04. The van der Waals surface area contributed by atoms with Crippen molar-refractivity contribution in [3.05, 3.63) is 11.7 Å². The molecular formula is C17H27N5O3. The number of carbonyl (C=O) groups excluding carboxylic acids is 2. The average Bonchev–Trinajstić information content (AvgIpc) is 3.36. The number of aromatic nitrogens is 2. The Bertz CT molecular complexity index is 628. The van der Waals surface area contributed by atoms with Crippen LogP contribution >= 0.6 is 0 Å². The molecule has 1 aliphatic heterocycles. The monoisotopic (exact) mass is 349 g/mol. The van der Waals surface area contributed by atoms with Gasteiger partial charge in [0.25, 0.3) is 0 Å². The molecule has 0 unspecified atom stereocenters. The highest BCUT2D eigenvalue weighted by Gasteiger charge is 2.32. The van der Waals surface area contributed by atoms with Crippen LogP contribution in [0.3, 0.4) is 0 Å². The Kier molecular flexibility index (Phi) is 5.36. The second-order valence-electron chi connectivity index (χ2n) is 7.13. The number of nitrogens with zero attached hydrogens (tertiary/aromatic N) is 4. The van der Waals surface area contributed by atoms with E-state index in [-0.39, 0.29) is 23.8 Å². The molecule has 1 aromatic heterocycles. The predicted molar refractivity (Wildman–Crippen MR) is 90.3 cm³/mol. The van der Waals surface area contributed by atoms with E-state index in [1.54, 1.807) is 9.80 Å². The summed E-state index contributed by atoms with van der Waals surface area (Å²) in [5.74, 6) is 1.39. The van der Waals surface area contributed by atoms with Crippen LogP contribution in [0.15, 0.2) is 4.52 Å². The van der Waals surface area contributed by atoms with Crippen LogP contribution in [-0.2, 0) is 16.1 Å². The fourth-order valence-electron chi connectivity index (χ4n) is 3.28. The predicted octanol–water partition coefficient (Wildman–Crippen LogP) is 0.881. The summed E-state index contributed by atoms with van der Waals surface area (Å²) in [4.78, 5) is 32.6. The lowest BCUT2D eigenvalue weighted by Crippen LogP contribution is -2.43. The zero-order valence-corrected chi connectivity index (χ0v) is 15.0. The molecule has 1 saturated heterocycles. The van der Waals surface area contributed by atoms with Gasteiger partial charge in [-0.15, -0.1) is 0 Å². The fourth-order valence-corrected chi connectivity index (χ4v) is 3.28. The molecule has 8 nitrogen and oxygen atoms in total. The number of rotatable bonds is 5. The maximum absolute atomic E-state index is 13.0. The van der Waals surface area contributed by atoms with Crippen molar-refractivity contribution in [2.75, 3.05) is 19.6 Å². The minimum absolute atomic E-state index is 0.0284. The number of likely N-dealkylation sites (tertiary alicyclic amines) is 1. The largest absolute Gasteiger partial charge is 0.341 e. The first-order chi connectivity index (χ1) is 12.0. The molecule has 2 atom stereocenters. The lowest BCUT2D eigenvalue weighted by molar-refractivity contribution is -0.138. The Morgan fingerprint density at radius 1 is 1.28 bits per heavy atom. The lowest BCUT2D eigenvalue weighted by atomic mass is 10.0. The van der Waals surface area contributed by atoms with Crippen molar-refractivity contribution < 1.29 is 14.1 Å². The van der Waals surface area contributed by atoms with E-state index in [1.807, 2.05) is 6.92 Å². The molecule has 0 aromatic carbocycles. The Labute approximate surface area is 147 Å². The summed E-state index contributed by atoms with van der Waals surface area (Å²) in [5, 5.41) is 4.00. The normalized spacial score (nSPS) is 24.0. The van der Waals surface area contributed by atoms with E-state index >= 15 is 0 Å². The van der Waals surface area contributed by atoms with Gasteiger partial charge >= 0.3 is 0 Å². The van der Waals surface area contributed by atoms with Crippen LogP contribution < -0.4 is 5.73 Å². The van der Waals surface area contributed by atoms with Gasteiger partial charge in [0.2, 0.25) is 17.7 Å². The van der Waals surface area contributed by atoms with Crippen LogP contribution in [0.4, 0.5) is 0 Å². The van der Waals surface area contributed by atoms with Gasteiger partial charge in [-0.3, -0.25) is 9.59 Å². The Morgan fingerprint density at radius 3 is 2.68 bits per heavy atom. The van der Waals surface area contributed by atoms with E-state index in [0.29, 0.717) is 50.2 Å². The Morgan fingerprint density at radius 2 is 2.04 bits per heavy atom. The highest BCUT2D eigenvalue weighted by molar-refractivity contribution is 5.80. The molecule has 25 heavy (non-hydrogen) atoms. The molecule has 1 aromatic rings. The molecule has 2 aliphatic rings. The molecule has 2 N–H and O–H groups in total. The smallest absolute Gasteiger partial charge is 0.229 e. The third kappa shape index (κ3) is 4.36. The van der Waals surface area contributed by atoms with Gasteiger partial charge in [0.05, 0.1) is 12.5 Å². The number of hydrogen-bond acceptors (Lipinski definition) is 6. The van der Waals surface area contributed by atoms with Crippen LogP contribution in [0.25, 0.3) is 0 Å². The van der Waals surface area contributed by atoms with Gasteiger partial charge in [-0.05, 0) is 32.6 Å². The van der Waals surface area contributed by atoms with Crippen molar-refractivity contribution in [2.45, 2.75) is 58.0 Å². The van der Waals surface area contributed by atoms with Crippen LogP contribution in [0, 0.1) is 5.92 Å². The summed E-state index contributed by atoms with van der Waals surface area (Å²) < 4.78 is 5.27. The summed E-state index contributed by atoms with van der Waals surface area (Å²) in [6.45, 7) is 5.31. The van der Waals surface area contributed by atoms with Crippen molar-refractivity contribution in [1.82, 2.24) is 19.9 Å². The van der Waals surface area contributed by atoms with Crippen molar-refractivity contribution in [1.29, 1.82) is 0 Å². The van der Waals surface area contributed by atoms with E-state index in [9.17, 15) is 9.59 Å². The molecule has 1 aliphatic carbocycles. The van der Waals surface area contributed by atoms with Gasteiger partial charge in [0.1, 0.15) is 0 Å². The number of carbonyl (C=O) groups is 2. The van der Waals surface area contributed by atoms with E-state index < -0.39 is 0 Å². The third-order valence-electron chi connectivity index (χ3n) is 5.01. The first-order valence-corrected chi connectivity index (χ1v) is 9.10. The molecule has 2 fully saturated rings. The van der Waals surface area contributed by atoms with Crippen molar-refractivity contribution in [2.24, 2.45) is 11.7 Å². The molecule has 2 heterocycles. The Hall–Kier alpha value is -1.96. The molecular weight excluding hydrogens is 322 g/mol. The maximum atomic E-state index is 13.0. The highest BCUT2D eigenvalue weighted by Crippen LogP contribution is 2.38.